The van der Waals surface area contributed by atoms with Crippen molar-refractivity contribution in [3.05, 3.63) is 12.3 Å². The lowest BCUT2D eigenvalue weighted by Crippen LogP contribution is -2.41. The molecule has 0 aliphatic heterocycles. The van der Waals surface area contributed by atoms with E-state index < -0.39 is 0 Å². The minimum absolute atomic E-state index is 0.0698. The molecule has 6 heteroatoms. The van der Waals surface area contributed by atoms with Crippen LogP contribution in [0.4, 0.5) is 5.82 Å². The Morgan fingerprint density at radius 1 is 1.53 bits per heavy atom. The van der Waals surface area contributed by atoms with Gasteiger partial charge in [-0.3, -0.25) is 9.59 Å². The number of rotatable bonds is 6. The van der Waals surface area contributed by atoms with Crippen LogP contribution < -0.4 is 5.32 Å². The van der Waals surface area contributed by atoms with Crippen molar-refractivity contribution in [3.63, 3.8) is 0 Å². The summed E-state index contributed by atoms with van der Waals surface area (Å²) in [5, 5.41) is 6.21. The molecule has 1 N–H and O–H groups in total. The molecule has 1 fully saturated rings. The highest BCUT2D eigenvalue weighted by Crippen LogP contribution is 2.31. The first kappa shape index (κ1) is 13.6. The lowest BCUT2D eigenvalue weighted by molar-refractivity contribution is -0.136. The van der Waals surface area contributed by atoms with Crippen LogP contribution in [-0.2, 0) is 9.59 Å². The van der Waals surface area contributed by atoms with E-state index >= 15 is 0 Å². The summed E-state index contributed by atoms with van der Waals surface area (Å²) in [4.78, 5) is 25.6. The number of nitrogens with zero attached hydrogens (tertiary/aromatic N) is 2. The normalized spacial score (nSPS) is 14.5. The van der Waals surface area contributed by atoms with Crippen molar-refractivity contribution in [2.24, 2.45) is 11.8 Å². The average Bonchev–Trinajstić information content (AvgIpc) is 3.06. The molecule has 1 aromatic heterocycles. The second kappa shape index (κ2) is 5.86. The van der Waals surface area contributed by atoms with E-state index in [-0.39, 0.29) is 24.3 Å². The highest BCUT2D eigenvalue weighted by atomic mass is 16.5. The molecule has 0 radical (unpaired) electrons. The number of amides is 2. The molecule has 104 valence electrons. The van der Waals surface area contributed by atoms with E-state index in [4.69, 9.17) is 0 Å². The van der Waals surface area contributed by atoms with Gasteiger partial charge in [-0.05, 0) is 18.8 Å². The molecule has 6 nitrogen and oxygen atoms in total. The zero-order valence-corrected chi connectivity index (χ0v) is 11.3. The number of carbonyl (C=O) groups is 2. The molecule has 2 amide bonds. The Bertz CT molecular complexity index is 438. The monoisotopic (exact) mass is 265 g/mol. The van der Waals surface area contributed by atoms with Crippen LogP contribution >= 0.6 is 0 Å². The summed E-state index contributed by atoms with van der Waals surface area (Å²) >= 11 is 0. The second-order valence-corrected chi connectivity index (χ2v) is 5.32. The molecule has 1 heterocycles. The molecule has 1 aromatic rings. The number of carbonyl (C=O) groups excluding carboxylic acids is 2. The molecule has 1 aliphatic carbocycles. The third-order valence-corrected chi connectivity index (χ3v) is 2.86. The van der Waals surface area contributed by atoms with Crippen molar-refractivity contribution in [1.82, 2.24) is 10.1 Å². The van der Waals surface area contributed by atoms with Crippen LogP contribution in [0.25, 0.3) is 0 Å². The SMILES string of the molecule is CC(C)CN(CC(=O)Nc1ccon1)C(=O)C1CC1. The van der Waals surface area contributed by atoms with Crippen LogP contribution in [0.15, 0.2) is 16.9 Å². The second-order valence-electron chi connectivity index (χ2n) is 5.32. The van der Waals surface area contributed by atoms with Gasteiger partial charge in [0, 0.05) is 18.5 Å². The van der Waals surface area contributed by atoms with Crippen molar-refractivity contribution < 1.29 is 14.1 Å². The lowest BCUT2D eigenvalue weighted by atomic mass is 10.2. The summed E-state index contributed by atoms with van der Waals surface area (Å²) in [7, 11) is 0. The zero-order chi connectivity index (χ0) is 13.8. The molecule has 1 aliphatic rings. The fourth-order valence-corrected chi connectivity index (χ4v) is 1.89. The number of hydrogen-bond donors (Lipinski definition) is 1. The van der Waals surface area contributed by atoms with Gasteiger partial charge in [0.2, 0.25) is 11.8 Å². The van der Waals surface area contributed by atoms with Gasteiger partial charge in [0.15, 0.2) is 5.82 Å². The number of hydrogen-bond acceptors (Lipinski definition) is 4. The number of anilines is 1. The first-order valence-electron chi connectivity index (χ1n) is 6.55. The van der Waals surface area contributed by atoms with Gasteiger partial charge in [-0.15, -0.1) is 0 Å². The number of aromatic nitrogens is 1. The molecule has 0 spiro atoms. The third kappa shape index (κ3) is 4.08. The number of nitrogens with one attached hydrogen (secondary N) is 1. The Morgan fingerprint density at radius 3 is 2.79 bits per heavy atom. The molecule has 2 rings (SSSR count). The predicted octanol–water partition coefficient (Wildman–Crippen LogP) is 1.51. The third-order valence-electron chi connectivity index (χ3n) is 2.86. The molecule has 0 unspecified atom stereocenters. The highest BCUT2D eigenvalue weighted by molar-refractivity contribution is 5.94. The molecule has 19 heavy (non-hydrogen) atoms. The first-order valence-corrected chi connectivity index (χ1v) is 6.55. The maximum atomic E-state index is 12.1. The molecular weight excluding hydrogens is 246 g/mol. The quantitative estimate of drug-likeness (QED) is 0.846. The van der Waals surface area contributed by atoms with Gasteiger partial charge in [0.05, 0.1) is 6.54 Å². The zero-order valence-electron chi connectivity index (χ0n) is 11.3. The molecule has 0 bridgehead atoms. The van der Waals surface area contributed by atoms with Crippen LogP contribution in [0, 0.1) is 11.8 Å². The Hall–Kier alpha value is -1.85. The van der Waals surface area contributed by atoms with Gasteiger partial charge in [0.1, 0.15) is 6.26 Å². The van der Waals surface area contributed by atoms with Gasteiger partial charge < -0.3 is 14.7 Å². The van der Waals surface area contributed by atoms with Crippen LogP contribution in [0.5, 0.6) is 0 Å². The summed E-state index contributed by atoms with van der Waals surface area (Å²) in [5.74, 6) is 0.669. The molecule has 0 atom stereocenters. The molecule has 0 saturated heterocycles. The van der Waals surface area contributed by atoms with Crippen molar-refractivity contribution in [2.75, 3.05) is 18.4 Å². The van der Waals surface area contributed by atoms with Gasteiger partial charge >= 0.3 is 0 Å². The van der Waals surface area contributed by atoms with E-state index in [9.17, 15) is 9.59 Å². The van der Waals surface area contributed by atoms with Gasteiger partial charge in [0.25, 0.3) is 0 Å². The topological polar surface area (TPSA) is 75.4 Å². The van der Waals surface area contributed by atoms with Crippen LogP contribution in [-0.4, -0.2) is 35.0 Å². The Balaban J connectivity index is 1.90. The van der Waals surface area contributed by atoms with Crippen molar-refractivity contribution in [2.45, 2.75) is 26.7 Å². The summed E-state index contributed by atoms with van der Waals surface area (Å²) < 4.78 is 4.64. The average molecular weight is 265 g/mol. The van der Waals surface area contributed by atoms with E-state index in [1.54, 1.807) is 11.0 Å². The smallest absolute Gasteiger partial charge is 0.245 e. The van der Waals surface area contributed by atoms with Gasteiger partial charge in [-0.1, -0.05) is 19.0 Å². The fourth-order valence-electron chi connectivity index (χ4n) is 1.89. The Labute approximate surface area is 112 Å². The molecular formula is C13H19N3O3. The van der Waals surface area contributed by atoms with E-state index in [2.05, 4.69) is 15.0 Å². The minimum Gasteiger partial charge on any atom is -0.363 e. The van der Waals surface area contributed by atoms with Gasteiger partial charge in [-0.25, -0.2) is 0 Å². The first-order chi connectivity index (χ1) is 9.06. The minimum atomic E-state index is -0.247. The lowest BCUT2D eigenvalue weighted by Gasteiger charge is -2.23. The van der Waals surface area contributed by atoms with Crippen molar-refractivity contribution >= 4 is 17.6 Å². The highest BCUT2D eigenvalue weighted by Gasteiger charge is 2.34. The van der Waals surface area contributed by atoms with Crippen molar-refractivity contribution in [1.29, 1.82) is 0 Å². The van der Waals surface area contributed by atoms with E-state index in [0.29, 0.717) is 18.3 Å². The standard InChI is InChI=1S/C13H19N3O3/c1-9(2)7-16(13(18)10-3-4-10)8-12(17)14-11-5-6-19-15-11/h5-6,9-10H,3-4,7-8H2,1-2H3,(H,14,15,17). The maximum absolute atomic E-state index is 12.1. The van der Waals surface area contributed by atoms with E-state index in [1.807, 2.05) is 13.8 Å². The van der Waals surface area contributed by atoms with Crippen molar-refractivity contribution in [3.8, 4) is 0 Å². The predicted molar refractivity (Wildman–Crippen MR) is 69.3 cm³/mol. The maximum Gasteiger partial charge on any atom is 0.245 e. The van der Waals surface area contributed by atoms with Crippen LogP contribution in [0.3, 0.4) is 0 Å². The van der Waals surface area contributed by atoms with Crippen LogP contribution in [0.1, 0.15) is 26.7 Å². The van der Waals surface area contributed by atoms with E-state index in [1.165, 1.54) is 6.26 Å². The Kier molecular flexibility index (Phi) is 4.19. The Morgan fingerprint density at radius 2 is 2.26 bits per heavy atom. The fraction of sp³-hybridized carbons (Fsp3) is 0.615. The van der Waals surface area contributed by atoms with E-state index in [0.717, 1.165) is 12.8 Å². The molecule has 1 saturated carbocycles. The summed E-state index contributed by atoms with van der Waals surface area (Å²) in [5.41, 5.74) is 0. The summed E-state index contributed by atoms with van der Waals surface area (Å²) in [6.07, 6.45) is 3.27. The summed E-state index contributed by atoms with van der Waals surface area (Å²) in [6, 6.07) is 1.56. The van der Waals surface area contributed by atoms with Crippen LogP contribution in [0.2, 0.25) is 0 Å². The largest absolute Gasteiger partial charge is 0.363 e. The summed E-state index contributed by atoms with van der Waals surface area (Å²) in [6.45, 7) is 4.73. The van der Waals surface area contributed by atoms with Gasteiger partial charge in [-0.2, -0.15) is 0 Å². The molecule has 0 aromatic carbocycles.